The third kappa shape index (κ3) is 6.39. The van der Waals surface area contributed by atoms with Gasteiger partial charge in [-0.1, -0.05) is 6.07 Å². The van der Waals surface area contributed by atoms with Crippen molar-refractivity contribution in [2.45, 2.75) is 37.6 Å². The smallest absolute Gasteiger partial charge is 0.680 e. The summed E-state index contributed by atoms with van der Waals surface area (Å²) in [6, 6.07) is 4.58. The second-order valence-electron chi connectivity index (χ2n) is 5.91. The van der Waals surface area contributed by atoms with Gasteiger partial charge in [0, 0.05) is 12.1 Å². The zero-order chi connectivity index (χ0) is 17.5. The molecule has 4 N–H and O–H groups in total. The molecule has 8 heteroatoms. The minimum atomic E-state index is -0.484. The molecule has 132 valence electrons. The average Bonchev–Trinajstić information content (AvgIpc) is 2.60. The molecule has 1 unspecified atom stereocenters. The molecule has 2 saturated heterocycles. The van der Waals surface area contributed by atoms with E-state index in [0.29, 0.717) is 18.5 Å². The normalized spacial score (nSPS) is 20.7. The summed E-state index contributed by atoms with van der Waals surface area (Å²) in [6.07, 6.45) is 2.62. The number of halogens is 1. The topological polar surface area (TPSA) is 94.0 Å². The predicted molar refractivity (Wildman–Crippen MR) is 91.3 cm³/mol. The zero-order valence-electron chi connectivity index (χ0n) is 14.8. The number of benzene rings is 1. The zero-order valence-corrected chi connectivity index (χ0v) is 17.9. The Kier molecular flexibility index (Phi) is 10.3. The molecular formula is C17H24FKN4O2. The van der Waals surface area contributed by atoms with Crippen LogP contribution in [0.15, 0.2) is 18.2 Å². The van der Waals surface area contributed by atoms with Crippen molar-refractivity contribution in [2.24, 2.45) is 0 Å². The molecule has 0 radical (unpaired) electrons. The van der Waals surface area contributed by atoms with E-state index in [-0.39, 0.29) is 74.9 Å². The van der Waals surface area contributed by atoms with Crippen molar-refractivity contribution >= 4 is 17.5 Å². The van der Waals surface area contributed by atoms with Crippen LogP contribution in [0.1, 0.15) is 37.2 Å². The van der Waals surface area contributed by atoms with Gasteiger partial charge in [-0.15, -0.1) is 0 Å². The maximum absolute atomic E-state index is 14.3. The number of hydrogen-bond acceptors (Lipinski definition) is 4. The summed E-state index contributed by atoms with van der Waals surface area (Å²) in [5.41, 5.74) is 7.07. The third-order valence-electron chi connectivity index (χ3n) is 4.36. The molecule has 2 aliphatic rings. The number of rotatable bonds is 3. The number of amides is 2. The van der Waals surface area contributed by atoms with Gasteiger partial charge < -0.3 is 16.4 Å². The third-order valence-corrected chi connectivity index (χ3v) is 4.36. The molecule has 3 rings (SSSR count). The van der Waals surface area contributed by atoms with Crippen LogP contribution in [0.5, 0.6) is 0 Å². The van der Waals surface area contributed by atoms with Crippen LogP contribution in [-0.4, -0.2) is 38.0 Å². The van der Waals surface area contributed by atoms with Crippen LogP contribution in [0, 0.1) is 5.82 Å². The van der Waals surface area contributed by atoms with Gasteiger partial charge in [0.05, 0.1) is 0 Å². The summed E-state index contributed by atoms with van der Waals surface area (Å²) >= 11 is 0. The van der Waals surface area contributed by atoms with E-state index < -0.39 is 6.04 Å². The summed E-state index contributed by atoms with van der Waals surface area (Å²) < 4.78 is 14.3. The maximum atomic E-state index is 14.3. The van der Waals surface area contributed by atoms with E-state index >= 15 is 0 Å². The number of carbonyl (C=O) groups excluding carboxylic acids is 2. The molecule has 2 aliphatic heterocycles. The Morgan fingerprint density at radius 1 is 1.16 bits per heavy atom. The van der Waals surface area contributed by atoms with Crippen molar-refractivity contribution in [3.63, 3.8) is 0 Å². The van der Waals surface area contributed by atoms with Crippen molar-refractivity contribution in [1.82, 2.24) is 10.6 Å². The van der Waals surface area contributed by atoms with E-state index in [2.05, 4.69) is 16.0 Å². The molecule has 2 fully saturated rings. The first-order valence-electron chi connectivity index (χ1n) is 8.24. The minimum absolute atomic E-state index is 0. The first-order valence-corrected chi connectivity index (χ1v) is 8.24. The minimum Gasteiger partial charge on any atom is -0.680 e. The van der Waals surface area contributed by atoms with Gasteiger partial charge >= 0.3 is 51.4 Å². The van der Waals surface area contributed by atoms with Gasteiger partial charge in [0.1, 0.15) is 11.9 Å². The fourth-order valence-electron chi connectivity index (χ4n) is 3.11. The number of hydrogen-bond donors (Lipinski definition) is 3. The fourth-order valence-corrected chi connectivity index (χ4v) is 3.11. The predicted octanol–water partition coefficient (Wildman–Crippen LogP) is -0.818. The van der Waals surface area contributed by atoms with Gasteiger partial charge in [-0.2, -0.15) is 7.05 Å². The van der Waals surface area contributed by atoms with E-state index in [1.807, 2.05) is 6.07 Å². The number of carbonyl (C=O) groups is 2. The SMILES string of the molecule is C[NH-].O=C1CCC(Nc2ccc(C3CCNCC3)c(F)c2)C(=O)N1.[K+]. The molecule has 0 aliphatic carbocycles. The van der Waals surface area contributed by atoms with E-state index in [9.17, 15) is 14.0 Å². The summed E-state index contributed by atoms with van der Waals surface area (Å²) in [6.45, 7) is 1.83. The van der Waals surface area contributed by atoms with Crippen LogP contribution in [0.2, 0.25) is 0 Å². The van der Waals surface area contributed by atoms with Gasteiger partial charge in [0.15, 0.2) is 0 Å². The molecule has 0 spiro atoms. The van der Waals surface area contributed by atoms with Gasteiger partial charge in [0.25, 0.3) is 0 Å². The molecule has 0 aromatic heterocycles. The summed E-state index contributed by atoms with van der Waals surface area (Å²) in [4.78, 5) is 22.8. The van der Waals surface area contributed by atoms with Crippen molar-refractivity contribution in [1.29, 1.82) is 0 Å². The molecule has 6 nitrogen and oxygen atoms in total. The molecule has 0 saturated carbocycles. The van der Waals surface area contributed by atoms with Crippen LogP contribution in [-0.2, 0) is 9.59 Å². The Morgan fingerprint density at radius 2 is 1.84 bits per heavy atom. The molecule has 2 heterocycles. The molecule has 2 amide bonds. The van der Waals surface area contributed by atoms with Crippen LogP contribution in [0.4, 0.5) is 10.1 Å². The average molecular weight is 375 g/mol. The van der Waals surface area contributed by atoms with E-state index in [4.69, 9.17) is 5.73 Å². The monoisotopic (exact) mass is 374 g/mol. The Balaban J connectivity index is 0.00000101. The molecule has 25 heavy (non-hydrogen) atoms. The fraction of sp³-hybridized carbons (Fsp3) is 0.529. The summed E-state index contributed by atoms with van der Waals surface area (Å²) in [5.74, 6) is -0.579. The molecular weight excluding hydrogens is 350 g/mol. The Hall–Kier alpha value is -0.354. The Labute approximate surface area is 190 Å². The number of piperidine rings is 2. The second kappa shape index (κ2) is 11.4. The quantitative estimate of drug-likeness (QED) is 0.476. The van der Waals surface area contributed by atoms with E-state index in [1.165, 1.54) is 13.1 Å². The van der Waals surface area contributed by atoms with Crippen molar-refractivity contribution < 1.29 is 65.4 Å². The van der Waals surface area contributed by atoms with Gasteiger partial charge in [-0.25, -0.2) is 4.39 Å². The van der Waals surface area contributed by atoms with Crippen LogP contribution < -0.4 is 67.3 Å². The van der Waals surface area contributed by atoms with Crippen LogP contribution in [0.3, 0.4) is 0 Å². The van der Waals surface area contributed by atoms with Crippen LogP contribution >= 0.6 is 0 Å². The molecule has 1 aromatic carbocycles. The molecule has 1 aromatic rings. The largest absolute Gasteiger partial charge is 1.00 e. The number of imide groups is 1. The number of anilines is 1. The first-order chi connectivity index (χ1) is 11.6. The Morgan fingerprint density at radius 3 is 2.44 bits per heavy atom. The van der Waals surface area contributed by atoms with E-state index in [1.54, 1.807) is 6.07 Å². The maximum Gasteiger partial charge on any atom is 1.00 e. The van der Waals surface area contributed by atoms with Crippen molar-refractivity contribution in [3.05, 3.63) is 35.3 Å². The van der Waals surface area contributed by atoms with E-state index in [0.717, 1.165) is 31.5 Å². The second-order valence-corrected chi connectivity index (χ2v) is 5.91. The first kappa shape index (κ1) is 22.7. The van der Waals surface area contributed by atoms with Crippen LogP contribution in [0.25, 0.3) is 5.73 Å². The summed E-state index contributed by atoms with van der Waals surface area (Å²) in [5, 5.41) is 8.56. The van der Waals surface area contributed by atoms with Gasteiger partial charge in [-0.05, 0) is 56.0 Å². The van der Waals surface area contributed by atoms with Crippen molar-refractivity contribution in [2.75, 3.05) is 25.5 Å². The molecule has 1 atom stereocenters. The molecule has 0 bridgehead atoms. The van der Waals surface area contributed by atoms with Crippen molar-refractivity contribution in [3.8, 4) is 0 Å². The standard InChI is InChI=1S/C16H20FN3O2.CH4N.K/c17-13-9-11(19-14-3-4-15(21)20-16(14)22)1-2-12(13)10-5-7-18-8-6-10;1-2;/h1-2,9-10,14,18-19H,3-8H2,(H,20,21,22);2H,1H3;/q;-1;+1. The Bertz CT molecular complexity index is 594. The van der Waals surface area contributed by atoms with Gasteiger partial charge in [-0.3, -0.25) is 14.9 Å². The van der Waals surface area contributed by atoms with Gasteiger partial charge in [0.2, 0.25) is 11.8 Å². The number of nitrogens with one attached hydrogen (secondary N) is 4. The summed E-state index contributed by atoms with van der Waals surface area (Å²) in [7, 11) is 1.25.